The molecule has 6 aliphatic rings. The van der Waals surface area contributed by atoms with Gasteiger partial charge in [0.25, 0.3) is 0 Å². The van der Waals surface area contributed by atoms with E-state index >= 15 is 0 Å². The molecule has 0 aliphatic heterocycles. The van der Waals surface area contributed by atoms with Gasteiger partial charge in [0.2, 0.25) is 0 Å². The van der Waals surface area contributed by atoms with Gasteiger partial charge in [-0.15, -0.1) is 0 Å². The number of rotatable bonds is 5. The number of carbonyl (C=O) groups is 5. The Morgan fingerprint density at radius 1 is 0.522 bits per heavy atom. The monoisotopic (exact) mass is 324 g/mol. The van der Waals surface area contributed by atoms with Crippen LogP contribution in [0, 0.1) is 44.8 Å². The van der Waals surface area contributed by atoms with Crippen LogP contribution < -0.4 is 0 Å². The molecule has 0 spiro atoms. The third-order valence-corrected chi connectivity index (χ3v) is 7.78. The summed E-state index contributed by atoms with van der Waals surface area (Å²) in [5, 5.41) is 47.6. The van der Waals surface area contributed by atoms with Gasteiger partial charge in [-0.1, -0.05) is 0 Å². The summed E-state index contributed by atoms with van der Waals surface area (Å²) in [6, 6.07) is 0. The quantitative estimate of drug-likeness (QED) is 0.388. The Balaban J connectivity index is 1.86. The predicted octanol–water partition coefficient (Wildman–Crippen LogP) is -1.74. The molecular formula is C13H8O10. The summed E-state index contributed by atoms with van der Waals surface area (Å²) in [7, 11) is 0. The first-order valence-electron chi connectivity index (χ1n) is 6.74. The lowest BCUT2D eigenvalue weighted by molar-refractivity contribution is -0.711. The molecule has 0 aromatic carbocycles. The van der Waals surface area contributed by atoms with E-state index in [0.29, 0.717) is 0 Å². The van der Waals surface area contributed by atoms with Gasteiger partial charge in [0, 0.05) is 17.8 Å². The number of hydrogen-bond donors (Lipinski definition) is 5. The summed E-state index contributed by atoms with van der Waals surface area (Å²) in [6.45, 7) is 0. The van der Waals surface area contributed by atoms with Crippen LogP contribution in [0.5, 0.6) is 0 Å². The molecule has 0 radical (unpaired) electrons. The first-order chi connectivity index (χ1) is 10.6. The van der Waals surface area contributed by atoms with Gasteiger partial charge in [-0.25, -0.2) is 0 Å². The van der Waals surface area contributed by atoms with Crippen LogP contribution in [0.4, 0.5) is 0 Å². The normalized spacial score (nSPS) is 60.6. The van der Waals surface area contributed by atoms with Crippen LogP contribution in [0.2, 0.25) is 0 Å². The van der Waals surface area contributed by atoms with Crippen molar-refractivity contribution in [2.75, 3.05) is 0 Å². The Morgan fingerprint density at radius 2 is 0.826 bits per heavy atom. The van der Waals surface area contributed by atoms with Crippen LogP contribution in [0.25, 0.3) is 0 Å². The van der Waals surface area contributed by atoms with Gasteiger partial charge in [0.15, 0.2) is 0 Å². The summed E-state index contributed by atoms with van der Waals surface area (Å²) >= 11 is 0. The molecule has 0 bridgehead atoms. The lowest BCUT2D eigenvalue weighted by atomic mass is 8.80. The molecule has 0 aromatic rings. The fourth-order valence-electron chi connectivity index (χ4n) is 8.26. The van der Waals surface area contributed by atoms with Crippen LogP contribution >= 0.6 is 0 Å². The molecule has 0 atom stereocenters. The maximum Gasteiger partial charge on any atom is 0.313 e. The van der Waals surface area contributed by atoms with Crippen molar-refractivity contribution in [2.24, 2.45) is 44.8 Å². The van der Waals surface area contributed by atoms with Crippen molar-refractivity contribution in [3.63, 3.8) is 0 Å². The standard InChI is InChI=1S/C13H8O10/c14-4(15)9-1-10(5(16)17)2(9)12(7(20)21)3(9)11(1,6(18)19)13(10,12)8(22)23/h1-3H,(H,14,15)(H,16,17)(H,18,19)(H,20,21)(H,22,23). The summed E-state index contributed by atoms with van der Waals surface area (Å²) in [5.74, 6) is -12.2. The number of aliphatic carboxylic acids is 5. The SMILES string of the molecule is O=C(O)C12C3C4(C(=O)O)C1C1(C(=O)O)C2C3(C(=O)O)C41C(=O)O. The third-order valence-electron chi connectivity index (χ3n) is 7.78. The van der Waals surface area contributed by atoms with Crippen LogP contribution in [-0.2, 0) is 24.0 Å². The van der Waals surface area contributed by atoms with Gasteiger partial charge in [-0.05, 0) is 0 Å². The van der Waals surface area contributed by atoms with Crippen LogP contribution in [0.1, 0.15) is 0 Å². The molecule has 6 rings (SSSR count). The van der Waals surface area contributed by atoms with Crippen molar-refractivity contribution >= 4 is 29.8 Å². The predicted molar refractivity (Wildman–Crippen MR) is 60.8 cm³/mol. The molecule has 6 saturated carbocycles. The second-order valence-electron chi connectivity index (χ2n) is 7.11. The fourth-order valence-corrected chi connectivity index (χ4v) is 8.26. The zero-order chi connectivity index (χ0) is 17.1. The summed E-state index contributed by atoms with van der Waals surface area (Å²) < 4.78 is 0. The minimum atomic E-state index is -2.46. The molecule has 0 aromatic heterocycles. The highest BCUT2D eigenvalue weighted by molar-refractivity contribution is 6.20. The topological polar surface area (TPSA) is 186 Å². The Bertz CT molecular complexity index is 737. The average Bonchev–Trinajstić information content (AvgIpc) is 2.43. The van der Waals surface area contributed by atoms with Gasteiger partial charge in [0.05, 0.1) is 21.7 Å². The van der Waals surface area contributed by atoms with Crippen LogP contribution in [-0.4, -0.2) is 55.4 Å². The zero-order valence-electron chi connectivity index (χ0n) is 11.0. The first-order valence-corrected chi connectivity index (χ1v) is 6.74. The number of hydrogen-bond acceptors (Lipinski definition) is 5. The lowest BCUT2D eigenvalue weighted by Gasteiger charge is -3.15. The summed E-state index contributed by atoms with van der Waals surface area (Å²) in [6.07, 6.45) is 0. The van der Waals surface area contributed by atoms with Crippen molar-refractivity contribution in [1.29, 1.82) is 0 Å². The Morgan fingerprint density at radius 3 is 1.00 bits per heavy atom. The smallest absolute Gasteiger partial charge is 0.313 e. The Labute approximate surface area is 125 Å². The summed E-state index contributed by atoms with van der Waals surface area (Å²) in [5.41, 5.74) is -10.5. The highest BCUT2D eigenvalue weighted by atomic mass is 16.4. The molecule has 10 heteroatoms. The molecular weight excluding hydrogens is 316 g/mol. The average molecular weight is 324 g/mol. The fraction of sp³-hybridized carbons (Fsp3) is 0.615. The zero-order valence-corrected chi connectivity index (χ0v) is 11.0. The van der Waals surface area contributed by atoms with Crippen molar-refractivity contribution in [1.82, 2.24) is 0 Å². The van der Waals surface area contributed by atoms with Gasteiger partial charge < -0.3 is 25.5 Å². The maximum atomic E-state index is 11.8. The minimum Gasteiger partial charge on any atom is -0.481 e. The highest BCUT2D eigenvalue weighted by Crippen LogP contribution is 3.22. The van der Waals surface area contributed by atoms with E-state index in [-0.39, 0.29) is 0 Å². The second kappa shape index (κ2) is 2.47. The summed E-state index contributed by atoms with van der Waals surface area (Å²) in [4.78, 5) is 58.7. The van der Waals surface area contributed by atoms with Gasteiger partial charge in [0.1, 0.15) is 5.41 Å². The van der Waals surface area contributed by atoms with Crippen molar-refractivity contribution in [3.8, 4) is 0 Å². The highest BCUT2D eigenvalue weighted by Gasteiger charge is 3.33. The largest absolute Gasteiger partial charge is 0.481 e. The third kappa shape index (κ3) is 0.496. The molecule has 0 amide bonds. The molecule has 120 valence electrons. The van der Waals surface area contributed by atoms with E-state index in [2.05, 4.69) is 0 Å². The Kier molecular flexibility index (Phi) is 1.38. The van der Waals surface area contributed by atoms with E-state index in [1.165, 1.54) is 0 Å². The van der Waals surface area contributed by atoms with Crippen molar-refractivity contribution in [3.05, 3.63) is 0 Å². The van der Waals surface area contributed by atoms with Crippen molar-refractivity contribution < 1.29 is 49.5 Å². The number of carboxylic acid groups (broad SMARTS) is 5. The van der Waals surface area contributed by atoms with E-state index in [1.54, 1.807) is 0 Å². The van der Waals surface area contributed by atoms with Gasteiger partial charge in [-0.2, -0.15) is 0 Å². The van der Waals surface area contributed by atoms with E-state index < -0.39 is 74.7 Å². The van der Waals surface area contributed by atoms with E-state index in [4.69, 9.17) is 0 Å². The van der Waals surface area contributed by atoms with E-state index in [9.17, 15) is 49.5 Å². The molecule has 0 heterocycles. The molecule has 6 fully saturated rings. The number of carboxylic acids is 5. The second-order valence-corrected chi connectivity index (χ2v) is 7.11. The molecule has 0 saturated heterocycles. The molecule has 23 heavy (non-hydrogen) atoms. The molecule has 0 unspecified atom stereocenters. The van der Waals surface area contributed by atoms with Crippen LogP contribution in [0.15, 0.2) is 0 Å². The van der Waals surface area contributed by atoms with Crippen LogP contribution in [0.3, 0.4) is 0 Å². The van der Waals surface area contributed by atoms with E-state index in [0.717, 1.165) is 0 Å². The molecule has 10 nitrogen and oxygen atoms in total. The molecule has 6 aliphatic carbocycles. The first kappa shape index (κ1) is 12.9. The maximum absolute atomic E-state index is 11.8. The molecule has 5 N–H and O–H groups in total. The van der Waals surface area contributed by atoms with Gasteiger partial charge >= 0.3 is 29.8 Å². The van der Waals surface area contributed by atoms with E-state index in [1.807, 2.05) is 0 Å². The van der Waals surface area contributed by atoms with Gasteiger partial charge in [-0.3, -0.25) is 24.0 Å². The minimum absolute atomic E-state index is 1.37. The Hall–Kier alpha value is -2.65. The van der Waals surface area contributed by atoms with Crippen molar-refractivity contribution in [2.45, 2.75) is 0 Å². The lowest BCUT2D eigenvalue weighted by Crippen LogP contribution is -3.26.